The summed E-state index contributed by atoms with van der Waals surface area (Å²) in [6.07, 6.45) is 2.05. The second-order valence-corrected chi connectivity index (χ2v) is 8.22. The van der Waals surface area contributed by atoms with E-state index in [9.17, 15) is 10.1 Å². The Morgan fingerprint density at radius 2 is 2.07 bits per heavy atom. The molecule has 30 heavy (non-hydrogen) atoms. The third-order valence-electron chi connectivity index (χ3n) is 6.25. The Morgan fingerprint density at radius 1 is 1.23 bits per heavy atom. The standard InChI is InChI=1S/C23H22N4O3/c1-27-20(28)23(26-21(27)25)13-22(8-3-9-29-14-22)30-19-7-6-17(11-18(19)23)16-5-2-4-15(10-16)12-24/h2,4-7,10-11H,3,8-9,13-14H2,1H3,(H2,25,26)/t22-,23+/m0/s1. The molecule has 0 aromatic heterocycles. The van der Waals surface area contributed by atoms with Gasteiger partial charge in [0.25, 0.3) is 5.91 Å². The summed E-state index contributed by atoms with van der Waals surface area (Å²) in [5, 5.41) is 9.24. The molecule has 2 spiro atoms. The van der Waals surface area contributed by atoms with E-state index < -0.39 is 11.1 Å². The summed E-state index contributed by atoms with van der Waals surface area (Å²) in [6.45, 7) is 1.12. The highest BCUT2D eigenvalue weighted by atomic mass is 16.5. The zero-order valence-corrected chi connectivity index (χ0v) is 16.7. The van der Waals surface area contributed by atoms with Crippen LogP contribution in [-0.4, -0.2) is 42.6 Å². The van der Waals surface area contributed by atoms with Crippen molar-refractivity contribution in [2.75, 3.05) is 20.3 Å². The van der Waals surface area contributed by atoms with Crippen molar-refractivity contribution in [3.63, 3.8) is 0 Å². The van der Waals surface area contributed by atoms with Crippen molar-refractivity contribution >= 4 is 11.9 Å². The first kappa shape index (κ1) is 18.6. The SMILES string of the molecule is CN1C(=O)[C@]2(C[C@]3(CCCOC3)Oc3ccc(-c4cccc(C#N)c4)cc32)N=C1N. The van der Waals surface area contributed by atoms with Crippen molar-refractivity contribution in [2.45, 2.75) is 30.4 Å². The Bertz CT molecular complexity index is 1110. The molecule has 2 N–H and O–H groups in total. The van der Waals surface area contributed by atoms with E-state index in [4.69, 9.17) is 15.2 Å². The maximum Gasteiger partial charge on any atom is 0.261 e. The Morgan fingerprint density at radius 3 is 2.77 bits per heavy atom. The average Bonchev–Trinajstić information content (AvgIpc) is 2.98. The van der Waals surface area contributed by atoms with Crippen LogP contribution in [-0.2, 0) is 15.1 Å². The molecule has 0 radical (unpaired) electrons. The van der Waals surface area contributed by atoms with Gasteiger partial charge in [0, 0.05) is 25.6 Å². The molecule has 0 unspecified atom stereocenters. The number of amides is 1. The van der Waals surface area contributed by atoms with Crippen molar-refractivity contribution in [3.8, 4) is 22.9 Å². The van der Waals surface area contributed by atoms with Gasteiger partial charge in [0.15, 0.2) is 11.5 Å². The number of nitriles is 1. The maximum absolute atomic E-state index is 13.4. The van der Waals surface area contributed by atoms with Gasteiger partial charge in [-0.1, -0.05) is 18.2 Å². The predicted molar refractivity (Wildman–Crippen MR) is 111 cm³/mol. The summed E-state index contributed by atoms with van der Waals surface area (Å²) in [5.41, 5.74) is 7.42. The number of aliphatic imine (C=N–C) groups is 1. The lowest BCUT2D eigenvalue weighted by Gasteiger charge is -2.46. The van der Waals surface area contributed by atoms with Gasteiger partial charge in [-0.15, -0.1) is 0 Å². The van der Waals surface area contributed by atoms with Gasteiger partial charge < -0.3 is 15.2 Å². The van der Waals surface area contributed by atoms with Crippen molar-refractivity contribution in [1.82, 2.24) is 4.90 Å². The molecule has 3 aliphatic rings. The van der Waals surface area contributed by atoms with Crippen LogP contribution in [0.4, 0.5) is 0 Å². The third-order valence-corrected chi connectivity index (χ3v) is 6.25. The molecule has 3 heterocycles. The van der Waals surface area contributed by atoms with Crippen LogP contribution in [0.25, 0.3) is 11.1 Å². The van der Waals surface area contributed by atoms with Gasteiger partial charge in [0.2, 0.25) is 0 Å². The number of ether oxygens (including phenoxy) is 2. The lowest BCUT2D eigenvalue weighted by molar-refractivity contribution is -0.139. The van der Waals surface area contributed by atoms with Crippen molar-refractivity contribution < 1.29 is 14.3 Å². The number of guanidine groups is 1. The molecule has 3 aliphatic heterocycles. The van der Waals surface area contributed by atoms with Gasteiger partial charge in [-0.2, -0.15) is 5.26 Å². The molecule has 5 rings (SSSR count). The monoisotopic (exact) mass is 402 g/mol. The molecule has 0 bridgehead atoms. The van der Waals surface area contributed by atoms with Gasteiger partial charge in [-0.05, 0) is 48.2 Å². The second kappa shape index (κ2) is 6.57. The number of hydrogen-bond donors (Lipinski definition) is 1. The summed E-state index contributed by atoms with van der Waals surface area (Å²) in [5.74, 6) is 0.682. The molecule has 2 aromatic rings. The number of carbonyl (C=O) groups excluding carboxylic acids is 1. The normalized spacial score (nSPS) is 27.5. The molecule has 0 saturated carbocycles. The Kier molecular flexibility index (Phi) is 4.09. The molecule has 2 atom stereocenters. The van der Waals surface area contributed by atoms with Gasteiger partial charge >= 0.3 is 0 Å². The molecule has 2 aromatic carbocycles. The van der Waals surface area contributed by atoms with Crippen molar-refractivity contribution in [3.05, 3.63) is 53.6 Å². The first-order valence-electron chi connectivity index (χ1n) is 10.0. The Labute approximate surface area is 174 Å². The molecule has 152 valence electrons. The number of carbonyl (C=O) groups is 1. The molecule has 1 fully saturated rings. The predicted octanol–water partition coefficient (Wildman–Crippen LogP) is 2.54. The first-order chi connectivity index (χ1) is 14.5. The fourth-order valence-corrected chi connectivity index (χ4v) is 4.76. The zero-order chi connectivity index (χ0) is 20.9. The molecule has 1 amide bonds. The fourth-order valence-electron chi connectivity index (χ4n) is 4.76. The fraction of sp³-hybridized carbons (Fsp3) is 0.348. The van der Waals surface area contributed by atoms with Crippen molar-refractivity contribution in [1.29, 1.82) is 5.26 Å². The number of nitrogens with zero attached hydrogens (tertiary/aromatic N) is 3. The van der Waals surface area contributed by atoms with E-state index in [-0.39, 0.29) is 11.9 Å². The van der Waals surface area contributed by atoms with Crippen LogP contribution < -0.4 is 10.5 Å². The Balaban J connectivity index is 1.68. The number of rotatable bonds is 1. The summed E-state index contributed by atoms with van der Waals surface area (Å²) in [4.78, 5) is 19.5. The zero-order valence-electron chi connectivity index (χ0n) is 16.7. The topological polar surface area (TPSA) is 101 Å². The van der Waals surface area contributed by atoms with E-state index in [1.807, 2.05) is 36.4 Å². The largest absolute Gasteiger partial charge is 0.484 e. The van der Waals surface area contributed by atoms with Crippen LogP contribution in [0.3, 0.4) is 0 Å². The molecule has 7 nitrogen and oxygen atoms in total. The third kappa shape index (κ3) is 2.68. The average molecular weight is 402 g/mol. The molecule has 1 saturated heterocycles. The highest BCUT2D eigenvalue weighted by molar-refractivity contribution is 6.07. The summed E-state index contributed by atoms with van der Waals surface area (Å²) < 4.78 is 12.2. The lowest BCUT2D eigenvalue weighted by Crippen LogP contribution is -2.55. The smallest absolute Gasteiger partial charge is 0.261 e. The van der Waals surface area contributed by atoms with E-state index in [0.29, 0.717) is 36.5 Å². The van der Waals surface area contributed by atoms with Crippen LogP contribution in [0, 0.1) is 11.3 Å². The van der Waals surface area contributed by atoms with E-state index >= 15 is 0 Å². The molecular formula is C23H22N4O3. The maximum atomic E-state index is 13.4. The second-order valence-electron chi connectivity index (χ2n) is 8.22. The van der Waals surface area contributed by atoms with Crippen LogP contribution in [0.15, 0.2) is 47.5 Å². The van der Waals surface area contributed by atoms with E-state index in [0.717, 1.165) is 24.0 Å². The summed E-state index contributed by atoms with van der Waals surface area (Å²) in [7, 11) is 1.65. The van der Waals surface area contributed by atoms with Crippen LogP contribution in [0.2, 0.25) is 0 Å². The van der Waals surface area contributed by atoms with E-state index in [1.54, 1.807) is 13.1 Å². The Hall–Kier alpha value is -3.37. The number of hydrogen-bond acceptors (Lipinski definition) is 6. The number of nitrogens with two attached hydrogens (primary N) is 1. The van der Waals surface area contributed by atoms with Crippen LogP contribution in [0.1, 0.15) is 30.4 Å². The van der Waals surface area contributed by atoms with Crippen molar-refractivity contribution in [2.24, 2.45) is 10.7 Å². The lowest BCUT2D eigenvalue weighted by atomic mass is 9.74. The van der Waals surface area contributed by atoms with Crippen LogP contribution in [0.5, 0.6) is 5.75 Å². The van der Waals surface area contributed by atoms with Gasteiger partial charge in [-0.25, -0.2) is 4.99 Å². The van der Waals surface area contributed by atoms with Crippen LogP contribution >= 0.6 is 0 Å². The number of benzene rings is 2. The highest BCUT2D eigenvalue weighted by Crippen LogP contribution is 2.51. The minimum atomic E-state index is -1.13. The number of fused-ring (bicyclic) bond motifs is 2. The van der Waals surface area contributed by atoms with Gasteiger partial charge in [0.05, 0.1) is 18.2 Å². The molecule has 7 heteroatoms. The quantitative estimate of drug-likeness (QED) is 0.790. The molecule has 0 aliphatic carbocycles. The summed E-state index contributed by atoms with van der Waals surface area (Å²) >= 11 is 0. The number of likely N-dealkylation sites (N-methyl/N-ethyl adjacent to an activating group) is 1. The van der Waals surface area contributed by atoms with Gasteiger partial charge in [-0.3, -0.25) is 9.69 Å². The highest BCUT2D eigenvalue weighted by Gasteiger charge is 2.58. The minimum absolute atomic E-state index is 0.155. The first-order valence-corrected chi connectivity index (χ1v) is 10.0. The summed E-state index contributed by atoms with van der Waals surface area (Å²) in [6, 6.07) is 15.3. The van der Waals surface area contributed by atoms with E-state index in [1.165, 1.54) is 4.90 Å². The molecular weight excluding hydrogens is 380 g/mol. The minimum Gasteiger partial charge on any atom is -0.484 e. The van der Waals surface area contributed by atoms with E-state index in [2.05, 4.69) is 11.1 Å². The van der Waals surface area contributed by atoms with Gasteiger partial charge in [0.1, 0.15) is 11.4 Å².